The lowest BCUT2D eigenvalue weighted by Gasteiger charge is -2.41. The molecule has 5 nitrogen and oxygen atoms in total. The van der Waals surface area contributed by atoms with Gasteiger partial charge in [0.25, 0.3) is 5.91 Å². The first-order valence-electron chi connectivity index (χ1n) is 6.86. The van der Waals surface area contributed by atoms with Crippen LogP contribution in [0.15, 0.2) is 24.3 Å². The summed E-state index contributed by atoms with van der Waals surface area (Å²) in [6.07, 6.45) is 0.741. The van der Waals surface area contributed by atoms with E-state index in [1.807, 2.05) is 18.2 Å². The largest absolute Gasteiger partial charge is 0.352 e. The molecule has 20 heavy (non-hydrogen) atoms. The lowest BCUT2D eigenvalue weighted by molar-refractivity contribution is -0.133. The molecule has 1 aliphatic heterocycles. The lowest BCUT2D eigenvalue weighted by atomic mass is 9.97. The van der Waals surface area contributed by atoms with E-state index in [1.54, 1.807) is 24.8 Å². The number of nitrogens with two attached hydrogens (primary N) is 1. The van der Waals surface area contributed by atoms with Crippen LogP contribution in [0.5, 0.6) is 0 Å². The lowest BCUT2D eigenvalue weighted by Crippen LogP contribution is -2.63. The van der Waals surface area contributed by atoms with Crippen LogP contribution in [0.3, 0.4) is 0 Å². The molecule has 5 heteroatoms. The molecule has 0 aliphatic carbocycles. The summed E-state index contributed by atoms with van der Waals surface area (Å²) in [6.45, 7) is 5.11. The topological polar surface area (TPSA) is 75.4 Å². The molecule has 0 unspecified atom stereocenters. The van der Waals surface area contributed by atoms with E-state index in [-0.39, 0.29) is 11.8 Å². The van der Waals surface area contributed by atoms with Gasteiger partial charge in [0.1, 0.15) is 5.54 Å². The maximum atomic E-state index is 12.6. The third-order valence-corrected chi connectivity index (χ3v) is 3.70. The first kappa shape index (κ1) is 14.5. The third-order valence-electron chi connectivity index (χ3n) is 3.70. The number of hydrogen-bond donors (Lipinski definition) is 2. The Kier molecular flexibility index (Phi) is 4.09. The van der Waals surface area contributed by atoms with E-state index >= 15 is 0 Å². The average molecular weight is 275 g/mol. The number of nitrogens with one attached hydrogen (secondary N) is 1. The van der Waals surface area contributed by atoms with Gasteiger partial charge in [-0.15, -0.1) is 0 Å². The van der Waals surface area contributed by atoms with Crippen LogP contribution < -0.4 is 11.1 Å². The average Bonchev–Trinajstić information content (AvgIpc) is 2.42. The number of rotatable bonds is 3. The van der Waals surface area contributed by atoms with Crippen molar-refractivity contribution in [3.8, 4) is 0 Å². The predicted molar refractivity (Wildman–Crippen MR) is 77.3 cm³/mol. The fourth-order valence-corrected chi connectivity index (χ4v) is 2.44. The summed E-state index contributed by atoms with van der Waals surface area (Å²) in [5.41, 5.74) is 6.37. The minimum Gasteiger partial charge on any atom is -0.352 e. The molecule has 3 N–H and O–H groups in total. The van der Waals surface area contributed by atoms with Crippen molar-refractivity contribution in [1.82, 2.24) is 10.2 Å². The molecule has 1 aromatic carbocycles. The Morgan fingerprint density at radius 2 is 2.20 bits per heavy atom. The molecule has 2 rings (SSSR count). The molecular weight excluding hydrogens is 254 g/mol. The summed E-state index contributed by atoms with van der Waals surface area (Å²) in [4.78, 5) is 26.2. The molecule has 1 saturated heterocycles. The van der Waals surface area contributed by atoms with E-state index in [2.05, 4.69) is 5.32 Å². The standard InChI is InChI=1S/C15H21N3O2/c1-15(2)14(20)17-8-9-18(15)13(19)12-5-3-4-11(10-12)6-7-16/h3-5,10H,6-9,16H2,1-2H3,(H,17,20). The summed E-state index contributed by atoms with van der Waals surface area (Å²) >= 11 is 0. The van der Waals surface area contributed by atoms with Crippen molar-refractivity contribution in [1.29, 1.82) is 0 Å². The first-order valence-corrected chi connectivity index (χ1v) is 6.86. The first-order chi connectivity index (χ1) is 9.46. The van der Waals surface area contributed by atoms with E-state index in [0.717, 1.165) is 12.0 Å². The highest BCUT2D eigenvalue weighted by atomic mass is 16.2. The maximum absolute atomic E-state index is 12.6. The molecule has 0 radical (unpaired) electrons. The molecule has 2 amide bonds. The van der Waals surface area contributed by atoms with Gasteiger partial charge in [-0.1, -0.05) is 12.1 Å². The quantitative estimate of drug-likeness (QED) is 0.845. The van der Waals surface area contributed by atoms with Gasteiger partial charge in [0.05, 0.1) is 0 Å². The highest BCUT2D eigenvalue weighted by Crippen LogP contribution is 2.21. The molecule has 0 saturated carbocycles. The Labute approximate surface area is 119 Å². The molecule has 0 spiro atoms. The minimum atomic E-state index is -0.820. The number of carbonyl (C=O) groups is 2. The number of carbonyl (C=O) groups excluding carboxylic acids is 2. The van der Waals surface area contributed by atoms with E-state index in [1.165, 1.54) is 0 Å². The van der Waals surface area contributed by atoms with E-state index in [4.69, 9.17) is 5.73 Å². The zero-order chi connectivity index (χ0) is 14.8. The molecule has 108 valence electrons. The summed E-state index contributed by atoms with van der Waals surface area (Å²) in [5, 5.41) is 2.79. The van der Waals surface area contributed by atoms with Crippen LogP contribution in [0.2, 0.25) is 0 Å². The van der Waals surface area contributed by atoms with Crippen LogP contribution in [0.25, 0.3) is 0 Å². The summed E-state index contributed by atoms with van der Waals surface area (Å²) in [7, 11) is 0. The molecular formula is C15H21N3O2. The Morgan fingerprint density at radius 1 is 1.45 bits per heavy atom. The van der Waals surface area contributed by atoms with Crippen LogP contribution in [-0.2, 0) is 11.2 Å². The van der Waals surface area contributed by atoms with Gasteiger partial charge < -0.3 is 16.0 Å². The van der Waals surface area contributed by atoms with Crippen molar-refractivity contribution in [2.75, 3.05) is 19.6 Å². The Bertz CT molecular complexity index is 526. The normalized spacial score (nSPS) is 17.8. The molecule has 1 heterocycles. The van der Waals surface area contributed by atoms with Crippen LogP contribution in [-0.4, -0.2) is 41.9 Å². The molecule has 1 aliphatic rings. The van der Waals surface area contributed by atoms with Crippen LogP contribution in [0.4, 0.5) is 0 Å². The fourth-order valence-electron chi connectivity index (χ4n) is 2.44. The number of benzene rings is 1. The van der Waals surface area contributed by atoms with Gasteiger partial charge in [-0.25, -0.2) is 0 Å². The fraction of sp³-hybridized carbons (Fsp3) is 0.467. The molecule has 0 bridgehead atoms. The number of amides is 2. The van der Waals surface area contributed by atoms with Gasteiger partial charge in [0, 0.05) is 18.7 Å². The van der Waals surface area contributed by atoms with Crippen molar-refractivity contribution >= 4 is 11.8 Å². The zero-order valence-corrected chi connectivity index (χ0v) is 12.0. The second-order valence-corrected chi connectivity index (χ2v) is 5.51. The van der Waals surface area contributed by atoms with Crippen LogP contribution in [0.1, 0.15) is 29.8 Å². The molecule has 0 aromatic heterocycles. The predicted octanol–water partition coefficient (Wildman–Crippen LogP) is 0.538. The summed E-state index contributed by atoms with van der Waals surface area (Å²) in [6, 6.07) is 7.45. The highest BCUT2D eigenvalue weighted by molar-refractivity contribution is 5.99. The second-order valence-electron chi connectivity index (χ2n) is 5.51. The maximum Gasteiger partial charge on any atom is 0.254 e. The molecule has 1 fully saturated rings. The molecule has 1 aromatic rings. The highest BCUT2D eigenvalue weighted by Gasteiger charge is 2.40. The van der Waals surface area contributed by atoms with Crippen molar-refractivity contribution in [2.45, 2.75) is 25.8 Å². The van der Waals surface area contributed by atoms with Gasteiger partial charge in [-0.3, -0.25) is 9.59 Å². The second kappa shape index (κ2) is 5.63. The van der Waals surface area contributed by atoms with Gasteiger partial charge in [-0.05, 0) is 44.5 Å². The van der Waals surface area contributed by atoms with E-state index in [9.17, 15) is 9.59 Å². The third kappa shape index (κ3) is 2.67. The minimum absolute atomic E-state index is 0.108. The Morgan fingerprint density at radius 3 is 2.90 bits per heavy atom. The van der Waals surface area contributed by atoms with E-state index in [0.29, 0.717) is 25.2 Å². The van der Waals surface area contributed by atoms with Gasteiger partial charge in [0.15, 0.2) is 0 Å². The van der Waals surface area contributed by atoms with Gasteiger partial charge in [0.2, 0.25) is 5.91 Å². The Hall–Kier alpha value is -1.88. The van der Waals surface area contributed by atoms with Crippen LogP contribution in [0, 0.1) is 0 Å². The number of nitrogens with zero attached hydrogens (tertiary/aromatic N) is 1. The van der Waals surface area contributed by atoms with Gasteiger partial charge in [-0.2, -0.15) is 0 Å². The van der Waals surface area contributed by atoms with Gasteiger partial charge >= 0.3 is 0 Å². The number of hydrogen-bond acceptors (Lipinski definition) is 3. The van der Waals surface area contributed by atoms with Crippen molar-refractivity contribution in [3.05, 3.63) is 35.4 Å². The Balaban J connectivity index is 2.26. The van der Waals surface area contributed by atoms with E-state index < -0.39 is 5.54 Å². The van der Waals surface area contributed by atoms with Crippen molar-refractivity contribution < 1.29 is 9.59 Å². The summed E-state index contributed by atoms with van der Waals surface area (Å²) < 4.78 is 0. The summed E-state index contributed by atoms with van der Waals surface area (Å²) in [5.74, 6) is -0.223. The molecule has 0 atom stereocenters. The van der Waals surface area contributed by atoms with Crippen molar-refractivity contribution in [3.63, 3.8) is 0 Å². The SMILES string of the molecule is CC1(C)C(=O)NCCN1C(=O)c1cccc(CCN)c1. The monoisotopic (exact) mass is 275 g/mol. The smallest absolute Gasteiger partial charge is 0.254 e. The zero-order valence-electron chi connectivity index (χ0n) is 12.0. The van der Waals surface area contributed by atoms with Crippen LogP contribution >= 0.6 is 0 Å². The van der Waals surface area contributed by atoms with Crippen molar-refractivity contribution in [2.24, 2.45) is 5.73 Å². The number of piperazine rings is 1.